The zero-order chi connectivity index (χ0) is 18.5. The fraction of sp³-hybridized carbons (Fsp3) is 0.0870. The molecule has 1 heterocycles. The molecule has 0 radical (unpaired) electrons. The molecule has 0 bridgehead atoms. The maximum absolute atomic E-state index is 5.47. The Kier molecular flexibility index (Phi) is 5.17. The zero-order valence-corrected chi connectivity index (χ0v) is 15.9. The standard InChI is InChI=1S/C23H20N2OS/c1-2-26-21-14-12-20(13-15-21)24-23-25-22(16-27-23)19-10-8-18(9-11-19)17-6-4-3-5-7-17/h3-16H,2H2,1H3,(H,24,25). The molecule has 0 fully saturated rings. The van der Waals surface area contributed by atoms with Gasteiger partial charge in [0.1, 0.15) is 5.75 Å². The molecular formula is C23H20N2OS. The first-order chi connectivity index (χ1) is 13.3. The highest BCUT2D eigenvalue weighted by atomic mass is 32.1. The third kappa shape index (κ3) is 4.18. The van der Waals surface area contributed by atoms with Crippen molar-refractivity contribution in [3.63, 3.8) is 0 Å². The van der Waals surface area contributed by atoms with E-state index in [2.05, 4.69) is 59.2 Å². The first-order valence-corrected chi connectivity index (χ1v) is 9.81. The van der Waals surface area contributed by atoms with Crippen molar-refractivity contribution >= 4 is 22.2 Å². The van der Waals surface area contributed by atoms with Crippen molar-refractivity contribution in [2.24, 2.45) is 0 Å². The van der Waals surface area contributed by atoms with Gasteiger partial charge >= 0.3 is 0 Å². The van der Waals surface area contributed by atoms with Gasteiger partial charge in [-0.3, -0.25) is 0 Å². The number of hydrogen-bond donors (Lipinski definition) is 1. The lowest BCUT2D eigenvalue weighted by Gasteiger charge is -2.05. The van der Waals surface area contributed by atoms with Gasteiger partial charge in [0.2, 0.25) is 0 Å². The van der Waals surface area contributed by atoms with Crippen molar-refractivity contribution in [3.8, 4) is 28.1 Å². The largest absolute Gasteiger partial charge is 0.494 e. The average Bonchev–Trinajstić information content (AvgIpc) is 3.19. The lowest BCUT2D eigenvalue weighted by Crippen LogP contribution is -1.92. The van der Waals surface area contributed by atoms with E-state index in [0.29, 0.717) is 6.61 Å². The average molecular weight is 372 g/mol. The van der Waals surface area contributed by atoms with Gasteiger partial charge in [0.15, 0.2) is 5.13 Å². The molecule has 4 rings (SSSR count). The quantitative estimate of drug-likeness (QED) is 0.413. The van der Waals surface area contributed by atoms with E-state index in [0.717, 1.165) is 27.8 Å². The number of thiazole rings is 1. The van der Waals surface area contributed by atoms with Gasteiger partial charge in [-0.15, -0.1) is 11.3 Å². The molecule has 0 amide bonds. The molecule has 0 saturated heterocycles. The summed E-state index contributed by atoms with van der Waals surface area (Å²) in [6.07, 6.45) is 0. The molecule has 0 spiro atoms. The fourth-order valence-electron chi connectivity index (χ4n) is 2.85. The van der Waals surface area contributed by atoms with Crippen LogP contribution >= 0.6 is 11.3 Å². The van der Waals surface area contributed by atoms with Crippen LogP contribution < -0.4 is 10.1 Å². The predicted molar refractivity (Wildman–Crippen MR) is 114 cm³/mol. The van der Waals surface area contributed by atoms with Crippen molar-refractivity contribution < 1.29 is 4.74 Å². The highest BCUT2D eigenvalue weighted by Crippen LogP contribution is 2.29. The maximum Gasteiger partial charge on any atom is 0.187 e. The summed E-state index contributed by atoms with van der Waals surface area (Å²) < 4.78 is 5.47. The van der Waals surface area contributed by atoms with Gasteiger partial charge in [-0.2, -0.15) is 0 Å². The van der Waals surface area contributed by atoms with Crippen molar-refractivity contribution in [2.45, 2.75) is 6.92 Å². The van der Waals surface area contributed by atoms with Gasteiger partial charge < -0.3 is 10.1 Å². The molecule has 0 saturated carbocycles. The van der Waals surface area contributed by atoms with Crippen molar-refractivity contribution in [1.82, 2.24) is 4.98 Å². The Labute approximate surface area is 163 Å². The van der Waals surface area contributed by atoms with Crippen LogP contribution in [0.4, 0.5) is 10.8 Å². The third-order valence-corrected chi connectivity index (χ3v) is 4.97. The minimum absolute atomic E-state index is 0.672. The second kappa shape index (κ2) is 8.06. The van der Waals surface area contributed by atoms with Crippen LogP contribution in [0, 0.1) is 0 Å². The first kappa shape index (κ1) is 17.3. The molecule has 134 valence electrons. The van der Waals surface area contributed by atoms with Crippen LogP contribution in [-0.2, 0) is 0 Å². The number of benzene rings is 3. The smallest absolute Gasteiger partial charge is 0.187 e. The Morgan fingerprint density at radius 3 is 2.19 bits per heavy atom. The number of rotatable bonds is 6. The Balaban J connectivity index is 1.47. The Morgan fingerprint density at radius 2 is 1.48 bits per heavy atom. The molecule has 27 heavy (non-hydrogen) atoms. The highest BCUT2D eigenvalue weighted by Gasteiger charge is 2.06. The Bertz CT molecular complexity index is 993. The monoisotopic (exact) mass is 372 g/mol. The minimum atomic E-state index is 0.672. The summed E-state index contributed by atoms with van der Waals surface area (Å²) >= 11 is 1.60. The number of aromatic nitrogens is 1. The summed E-state index contributed by atoms with van der Waals surface area (Å²) in [5.74, 6) is 0.876. The SMILES string of the molecule is CCOc1ccc(Nc2nc(-c3ccc(-c4ccccc4)cc3)cs2)cc1. The number of anilines is 2. The molecule has 4 aromatic rings. The first-order valence-electron chi connectivity index (χ1n) is 8.93. The van der Waals surface area contributed by atoms with Crippen LogP contribution in [0.5, 0.6) is 5.75 Å². The van der Waals surface area contributed by atoms with Crippen LogP contribution in [0.15, 0.2) is 84.2 Å². The number of ether oxygens (including phenoxy) is 1. The molecule has 1 N–H and O–H groups in total. The normalized spacial score (nSPS) is 10.6. The number of hydrogen-bond acceptors (Lipinski definition) is 4. The van der Waals surface area contributed by atoms with Gasteiger partial charge in [0.25, 0.3) is 0 Å². The van der Waals surface area contributed by atoms with E-state index < -0.39 is 0 Å². The zero-order valence-electron chi connectivity index (χ0n) is 15.1. The van der Waals surface area contributed by atoms with E-state index in [9.17, 15) is 0 Å². The third-order valence-electron chi connectivity index (χ3n) is 4.21. The maximum atomic E-state index is 5.47. The van der Waals surface area contributed by atoms with E-state index in [1.807, 2.05) is 37.3 Å². The minimum Gasteiger partial charge on any atom is -0.494 e. The molecule has 0 aliphatic rings. The van der Waals surface area contributed by atoms with Crippen molar-refractivity contribution in [3.05, 3.63) is 84.2 Å². The van der Waals surface area contributed by atoms with Crippen LogP contribution in [0.1, 0.15) is 6.92 Å². The summed E-state index contributed by atoms with van der Waals surface area (Å²) in [4.78, 5) is 4.71. The van der Waals surface area contributed by atoms with E-state index in [1.54, 1.807) is 11.3 Å². The van der Waals surface area contributed by atoms with E-state index >= 15 is 0 Å². The van der Waals surface area contributed by atoms with Crippen molar-refractivity contribution in [2.75, 3.05) is 11.9 Å². The van der Waals surface area contributed by atoms with Gasteiger partial charge in [-0.05, 0) is 42.3 Å². The second-order valence-corrected chi connectivity index (χ2v) is 6.92. The molecule has 0 unspecified atom stereocenters. The fourth-order valence-corrected chi connectivity index (χ4v) is 3.59. The lowest BCUT2D eigenvalue weighted by atomic mass is 10.0. The molecule has 4 heteroatoms. The second-order valence-electron chi connectivity index (χ2n) is 6.06. The molecule has 1 aromatic heterocycles. The molecular weight excluding hydrogens is 352 g/mol. The Morgan fingerprint density at radius 1 is 0.815 bits per heavy atom. The number of nitrogens with zero attached hydrogens (tertiary/aromatic N) is 1. The van der Waals surface area contributed by atoms with Gasteiger partial charge in [-0.25, -0.2) is 4.98 Å². The van der Waals surface area contributed by atoms with Crippen molar-refractivity contribution in [1.29, 1.82) is 0 Å². The van der Waals surface area contributed by atoms with Gasteiger partial charge in [-0.1, -0.05) is 54.6 Å². The molecule has 0 aliphatic heterocycles. The van der Waals surface area contributed by atoms with Crippen LogP contribution in [0.2, 0.25) is 0 Å². The summed E-state index contributed by atoms with van der Waals surface area (Å²) in [5, 5.41) is 6.31. The molecule has 0 aliphatic carbocycles. The van der Waals surface area contributed by atoms with Crippen LogP contribution in [-0.4, -0.2) is 11.6 Å². The molecule has 3 aromatic carbocycles. The van der Waals surface area contributed by atoms with Gasteiger partial charge in [0, 0.05) is 16.6 Å². The molecule has 3 nitrogen and oxygen atoms in total. The summed E-state index contributed by atoms with van der Waals surface area (Å²) in [5.41, 5.74) is 5.53. The highest BCUT2D eigenvalue weighted by molar-refractivity contribution is 7.14. The van der Waals surface area contributed by atoms with E-state index in [-0.39, 0.29) is 0 Å². The van der Waals surface area contributed by atoms with E-state index in [4.69, 9.17) is 9.72 Å². The number of nitrogens with one attached hydrogen (secondary N) is 1. The summed E-state index contributed by atoms with van der Waals surface area (Å²) in [6, 6.07) is 26.8. The van der Waals surface area contributed by atoms with Gasteiger partial charge in [0.05, 0.1) is 12.3 Å². The van der Waals surface area contributed by atoms with E-state index in [1.165, 1.54) is 11.1 Å². The van der Waals surface area contributed by atoms with Crippen LogP contribution in [0.3, 0.4) is 0 Å². The predicted octanol–water partition coefficient (Wildman–Crippen LogP) is 6.62. The summed E-state index contributed by atoms with van der Waals surface area (Å²) in [7, 11) is 0. The Hall–Kier alpha value is -3.11. The summed E-state index contributed by atoms with van der Waals surface area (Å²) in [6.45, 7) is 2.65. The van der Waals surface area contributed by atoms with Crippen LogP contribution in [0.25, 0.3) is 22.4 Å². The topological polar surface area (TPSA) is 34.1 Å². The lowest BCUT2D eigenvalue weighted by molar-refractivity contribution is 0.340. The molecule has 0 atom stereocenters.